The first-order valence-corrected chi connectivity index (χ1v) is 7.06. The fraction of sp³-hybridized carbons (Fsp3) is 0.294. The predicted octanol–water partition coefficient (Wildman–Crippen LogP) is 2.92. The van der Waals surface area contributed by atoms with E-state index >= 15 is 0 Å². The molecular weight excluding hydrogens is 266 g/mol. The van der Waals surface area contributed by atoms with Crippen LogP contribution in [0.3, 0.4) is 0 Å². The second-order valence-corrected chi connectivity index (χ2v) is 4.82. The number of nitrogens with one attached hydrogen (secondary N) is 1. The van der Waals surface area contributed by atoms with Gasteiger partial charge in [-0.15, -0.1) is 0 Å². The van der Waals surface area contributed by atoms with Crippen molar-refractivity contribution in [3.8, 4) is 11.5 Å². The Balaban J connectivity index is 1.94. The van der Waals surface area contributed by atoms with Crippen LogP contribution in [0.2, 0.25) is 0 Å². The molecule has 0 bridgehead atoms. The van der Waals surface area contributed by atoms with Gasteiger partial charge in [-0.1, -0.05) is 30.3 Å². The van der Waals surface area contributed by atoms with Crippen LogP contribution in [0.15, 0.2) is 42.5 Å². The molecule has 0 spiro atoms. The minimum atomic E-state index is 0.0679. The molecular formula is C17H21NO3. The molecule has 0 aliphatic rings. The molecule has 2 aromatic carbocycles. The van der Waals surface area contributed by atoms with Gasteiger partial charge in [0.15, 0.2) is 0 Å². The van der Waals surface area contributed by atoms with Crippen LogP contribution in [0.1, 0.15) is 23.6 Å². The lowest BCUT2D eigenvalue weighted by Crippen LogP contribution is -2.14. The molecule has 4 heteroatoms. The summed E-state index contributed by atoms with van der Waals surface area (Å²) in [6.45, 7) is 4.52. The number of hydrogen-bond donors (Lipinski definition) is 3. The van der Waals surface area contributed by atoms with Gasteiger partial charge >= 0.3 is 0 Å². The Morgan fingerprint density at radius 2 is 1.67 bits per heavy atom. The maximum Gasteiger partial charge on any atom is 0.123 e. The zero-order chi connectivity index (χ0) is 15.1. The summed E-state index contributed by atoms with van der Waals surface area (Å²) in [5.74, 6) is 0.170. The number of hydrogen-bond acceptors (Lipinski definition) is 4. The smallest absolute Gasteiger partial charge is 0.123 e. The van der Waals surface area contributed by atoms with Gasteiger partial charge in [0, 0.05) is 31.3 Å². The lowest BCUT2D eigenvalue weighted by atomic mass is 10.1. The summed E-state index contributed by atoms with van der Waals surface area (Å²) in [6.07, 6.45) is 0. The Labute approximate surface area is 125 Å². The van der Waals surface area contributed by atoms with Crippen LogP contribution in [-0.4, -0.2) is 16.8 Å². The van der Waals surface area contributed by atoms with Crippen LogP contribution in [-0.2, 0) is 24.4 Å². The van der Waals surface area contributed by atoms with Crippen LogP contribution in [0.4, 0.5) is 0 Å². The summed E-state index contributed by atoms with van der Waals surface area (Å²) >= 11 is 0. The Hall–Kier alpha value is -2.04. The summed E-state index contributed by atoms with van der Waals surface area (Å²) in [5, 5.41) is 22.3. The average molecular weight is 287 g/mol. The first-order valence-electron chi connectivity index (χ1n) is 7.06. The molecule has 0 aliphatic carbocycles. The van der Waals surface area contributed by atoms with E-state index in [2.05, 4.69) is 17.4 Å². The van der Waals surface area contributed by atoms with Crippen molar-refractivity contribution in [2.45, 2.75) is 26.6 Å². The molecule has 2 aromatic rings. The van der Waals surface area contributed by atoms with Crippen molar-refractivity contribution >= 4 is 0 Å². The molecule has 0 aromatic heterocycles. The molecule has 21 heavy (non-hydrogen) atoms. The molecule has 0 saturated carbocycles. The number of benzene rings is 2. The van der Waals surface area contributed by atoms with E-state index in [-0.39, 0.29) is 11.5 Å². The number of aromatic hydroxyl groups is 2. The SMILES string of the molecule is CCOCc1ccccc1CNCc1ccc(O)cc1O. The van der Waals surface area contributed by atoms with Crippen molar-refractivity contribution in [1.29, 1.82) is 0 Å². The molecule has 0 radical (unpaired) electrons. The van der Waals surface area contributed by atoms with E-state index in [0.717, 1.165) is 5.56 Å². The van der Waals surface area contributed by atoms with Gasteiger partial charge in [-0.05, 0) is 24.1 Å². The third kappa shape index (κ3) is 4.48. The summed E-state index contributed by atoms with van der Waals surface area (Å²) < 4.78 is 5.46. The largest absolute Gasteiger partial charge is 0.508 e. The zero-order valence-corrected chi connectivity index (χ0v) is 12.2. The Kier molecular flexibility index (Phi) is 5.60. The minimum Gasteiger partial charge on any atom is -0.508 e. The fourth-order valence-electron chi connectivity index (χ4n) is 2.12. The van der Waals surface area contributed by atoms with E-state index in [4.69, 9.17) is 4.74 Å². The first kappa shape index (κ1) is 15.4. The summed E-state index contributed by atoms with van der Waals surface area (Å²) in [7, 11) is 0. The second-order valence-electron chi connectivity index (χ2n) is 4.82. The first-order chi connectivity index (χ1) is 10.2. The minimum absolute atomic E-state index is 0.0679. The number of phenols is 2. The third-order valence-corrected chi connectivity index (χ3v) is 3.28. The van der Waals surface area contributed by atoms with Crippen molar-refractivity contribution in [2.75, 3.05) is 6.61 Å². The van der Waals surface area contributed by atoms with Crippen LogP contribution >= 0.6 is 0 Å². The van der Waals surface area contributed by atoms with Crippen molar-refractivity contribution in [2.24, 2.45) is 0 Å². The van der Waals surface area contributed by atoms with E-state index in [0.29, 0.717) is 26.3 Å². The van der Waals surface area contributed by atoms with Crippen LogP contribution in [0.25, 0.3) is 0 Å². The molecule has 0 unspecified atom stereocenters. The number of ether oxygens (including phenoxy) is 1. The van der Waals surface area contributed by atoms with Gasteiger partial charge in [0.2, 0.25) is 0 Å². The van der Waals surface area contributed by atoms with Crippen LogP contribution in [0, 0.1) is 0 Å². The quantitative estimate of drug-likeness (QED) is 0.732. The fourth-order valence-corrected chi connectivity index (χ4v) is 2.12. The van der Waals surface area contributed by atoms with E-state index in [1.807, 2.05) is 19.1 Å². The number of rotatable bonds is 7. The van der Waals surface area contributed by atoms with Crippen molar-refractivity contribution < 1.29 is 14.9 Å². The maximum atomic E-state index is 9.74. The molecule has 112 valence electrons. The van der Waals surface area contributed by atoms with Gasteiger partial charge in [0.05, 0.1) is 6.61 Å². The molecule has 0 amide bonds. The highest BCUT2D eigenvalue weighted by atomic mass is 16.5. The lowest BCUT2D eigenvalue weighted by molar-refractivity contribution is 0.133. The predicted molar refractivity (Wildman–Crippen MR) is 82.1 cm³/mol. The molecule has 0 atom stereocenters. The normalized spacial score (nSPS) is 10.7. The molecule has 3 N–H and O–H groups in total. The van der Waals surface area contributed by atoms with Gasteiger partial charge in [-0.3, -0.25) is 0 Å². The topological polar surface area (TPSA) is 61.7 Å². The van der Waals surface area contributed by atoms with Crippen LogP contribution < -0.4 is 5.32 Å². The molecule has 4 nitrogen and oxygen atoms in total. The molecule has 0 aliphatic heterocycles. The monoisotopic (exact) mass is 287 g/mol. The Bertz CT molecular complexity index is 584. The van der Waals surface area contributed by atoms with Gasteiger partial charge in [0.1, 0.15) is 11.5 Å². The molecule has 0 saturated heterocycles. The highest BCUT2D eigenvalue weighted by molar-refractivity contribution is 5.38. The molecule has 2 rings (SSSR count). The van der Waals surface area contributed by atoms with Gasteiger partial charge < -0.3 is 20.3 Å². The number of phenolic OH excluding ortho intramolecular Hbond substituents is 2. The third-order valence-electron chi connectivity index (χ3n) is 3.28. The standard InChI is InChI=1S/C17H21NO3/c1-2-21-12-15-6-4-3-5-13(15)10-18-11-14-7-8-16(19)9-17(14)20/h3-9,18-20H,2,10-12H2,1H3. The van der Waals surface area contributed by atoms with E-state index < -0.39 is 0 Å². The van der Waals surface area contributed by atoms with Crippen molar-refractivity contribution in [3.05, 3.63) is 59.2 Å². The van der Waals surface area contributed by atoms with E-state index in [1.54, 1.807) is 12.1 Å². The van der Waals surface area contributed by atoms with Gasteiger partial charge in [-0.25, -0.2) is 0 Å². The van der Waals surface area contributed by atoms with Gasteiger partial charge in [0.25, 0.3) is 0 Å². The maximum absolute atomic E-state index is 9.74. The Morgan fingerprint density at radius 1 is 0.952 bits per heavy atom. The summed E-state index contributed by atoms with van der Waals surface area (Å²) in [4.78, 5) is 0. The second kappa shape index (κ2) is 7.67. The van der Waals surface area contributed by atoms with Crippen molar-refractivity contribution in [1.82, 2.24) is 5.32 Å². The van der Waals surface area contributed by atoms with Crippen LogP contribution in [0.5, 0.6) is 11.5 Å². The van der Waals surface area contributed by atoms with E-state index in [1.165, 1.54) is 17.2 Å². The average Bonchev–Trinajstić information content (AvgIpc) is 2.48. The highest BCUT2D eigenvalue weighted by Gasteiger charge is 2.04. The van der Waals surface area contributed by atoms with Gasteiger partial charge in [-0.2, -0.15) is 0 Å². The van der Waals surface area contributed by atoms with E-state index in [9.17, 15) is 10.2 Å². The van der Waals surface area contributed by atoms with Crippen molar-refractivity contribution in [3.63, 3.8) is 0 Å². The Morgan fingerprint density at radius 3 is 2.38 bits per heavy atom. The molecule has 0 fully saturated rings. The zero-order valence-electron chi connectivity index (χ0n) is 12.2. The highest BCUT2D eigenvalue weighted by Crippen LogP contribution is 2.22. The lowest BCUT2D eigenvalue weighted by Gasteiger charge is -2.11. The molecule has 0 heterocycles. The summed E-state index contributed by atoms with van der Waals surface area (Å²) in [5.41, 5.74) is 3.11. The summed E-state index contributed by atoms with van der Waals surface area (Å²) in [6, 6.07) is 12.8.